The molecule has 0 amide bonds. The van der Waals surface area contributed by atoms with Gasteiger partial charge in [0, 0.05) is 0 Å². The minimum absolute atomic E-state index is 0.108. The van der Waals surface area contributed by atoms with E-state index < -0.39 is 11.6 Å². The fraction of sp³-hybridized carbons (Fsp3) is 0.400. The zero-order chi connectivity index (χ0) is 10.2. The van der Waals surface area contributed by atoms with Crippen LogP contribution < -0.4 is 0 Å². The molecule has 0 atom stereocenters. The van der Waals surface area contributed by atoms with E-state index in [1.54, 1.807) is 6.92 Å². The van der Waals surface area contributed by atoms with Gasteiger partial charge in [-0.05, 0) is 30.0 Å². The Hall–Kier alpha value is -0.630. The molecule has 0 bridgehead atoms. The molecule has 1 rings (SSSR count). The molecule has 0 radical (unpaired) electrons. The summed E-state index contributed by atoms with van der Waals surface area (Å²) >= 11 is 5.62. The van der Waals surface area contributed by atoms with Crippen LogP contribution in [0.25, 0.3) is 0 Å². The Labute approximate surface area is 81.5 Å². The molecule has 0 fully saturated rings. The smallest absolute Gasteiger partial charge is 0.177 e. The third-order valence-electron chi connectivity index (χ3n) is 2.07. The summed E-state index contributed by atoms with van der Waals surface area (Å²) in [5.74, 6) is -1.68. The second-order valence-corrected chi connectivity index (χ2v) is 3.73. The molecule has 0 aliphatic heterocycles. The van der Waals surface area contributed by atoms with Crippen LogP contribution in [0.15, 0.2) is 6.07 Å². The number of benzene rings is 1. The van der Waals surface area contributed by atoms with Crippen molar-refractivity contribution in [3.05, 3.63) is 33.9 Å². The van der Waals surface area contributed by atoms with Gasteiger partial charge in [0.15, 0.2) is 11.6 Å². The highest BCUT2D eigenvalue weighted by atomic mass is 35.5. The van der Waals surface area contributed by atoms with Crippen molar-refractivity contribution in [3.8, 4) is 0 Å². The van der Waals surface area contributed by atoms with E-state index >= 15 is 0 Å². The van der Waals surface area contributed by atoms with Crippen LogP contribution in [0.1, 0.15) is 30.9 Å². The van der Waals surface area contributed by atoms with Gasteiger partial charge in [0.1, 0.15) is 0 Å². The van der Waals surface area contributed by atoms with Gasteiger partial charge in [0.25, 0.3) is 0 Å². The lowest BCUT2D eigenvalue weighted by Gasteiger charge is -2.11. The number of hydrogen-bond donors (Lipinski definition) is 0. The summed E-state index contributed by atoms with van der Waals surface area (Å²) in [6, 6.07) is 1.21. The van der Waals surface area contributed by atoms with Crippen LogP contribution in [0, 0.1) is 18.6 Å². The summed E-state index contributed by atoms with van der Waals surface area (Å²) in [5, 5.41) is -0.108. The Kier molecular flexibility index (Phi) is 2.91. The minimum Gasteiger partial charge on any atom is -0.204 e. The monoisotopic (exact) mass is 204 g/mol. The molecular formula is C10H11ClF2. The Morgan fingerprint density at radius 3 is 2.31 bits per heavy atom. The third-order valence-corrected chi connectivity index (χ3v) is 2.52. The van der Waals surface area contributed by atoms with Gasteiger partial charge in [-0.1, -0.05) is 25.4 Å². The van der Waals surface area contributed by atoms with Crippen LogP contribution in [0.3, 0.4) is 0 Å². The van der Waals surface area contributed by atoms with Crippen molar-refractivity contribution in [2.75, 3.05) is 0 Å². The Bertz CT molecular complexity index is 332. The summed E-state index contributed by atoms with van der Waals surface area (Å²) in [4.78, 5) is 0. The van der Waals surface area contributed by atoms with Crippen molar-refractivity contribution in [2.45, 2.75) is 26.7 Å². The molecule has 0 aliphatic carbocycles. The number of hydrogen-bond acceptors (Lipinski definition) is 0. The first kappa shape index (κ1) is 10.5. The van der Waals surface area contributed by atoms with Crippen LogP contribution in [0.2, 0.25) is 5.02 Å². The largest absolute Gasteiger partial charge is 0.204 e. The molecule has 0 saturated heterocycles. The number of halogens is 3. The first-order valence-corrected chi connectivity index (χ1v) is 4.47. The normalized spacial score (nSPS) is 11.0. The lowest BCUT2D eigenvalue weighted by molar-refractivity contribution is 0.505. The molecule has 0 nitrogen and oxygen atoms in total. The van der Waals surface area contributed by atoms with Crippen molar-refractivity contribution < 1.29 is 8.78 Å². The maximum atomic E-state index is 12.9. The summed E-state index contributed by atoms with van der Waals surface area (Å²) in [5.41, 5.74) is 1.37. The van der Waals surface area contributed by atoms with E-state index in [9.17, 15) is 8.78 Å². The predicted molar refractivity (Wildman–Crippen MR) is 50.2 cm³/mol. The zero-order valence-corrected chi connectivity index (χ0v) is 8.54. The van der Waals surface area contributed by atoms with E-state index in [-0.39, 0.29) is 10.9 Å². The Morgan fingerprint density at radius 1 is 1.31 bits per heavy atom. The van der Waals surface area contributed by atoms with Crippen molar-refractivity contribution in [2.24, 2.45) is 0 Å². The van der Waals surface area contributed by atoms with Crippen molar-refractivity contribution in [1.82, 2.24) is 0 Å². The van der Waals surface area contributed by atoms with Crippen LogP contribution in [0.4, 0.5) is 8.78 Å². The summed E-state index contributed by atoms with van der Waals surface area (Å²) < 4.78 is 25.8. The minimum atomic E-state index is -0.955. The first-order chi connectivity index (χ1) is 5.95. The lowest BCUT2D eigenvalue weighted by Crippen LogP contribution is -1.98. The summed E-state index contributed by atoms with van der Waals surface area (Å²) in [6.07, 6.45) is 0. The summed E-state index contributed by atoms with van der Waals surface area (Å²) in [6.45, 7) is 5.52. The highest BCUT2D eigenvalue weighted by molar-refractivity contribution is 6.31. The first-order valence-electron chi connectivity index (χ1n) is 4.09. The standard InChI is InChI=1S/C10H11ClF2/c1-5(2)7-4-8(12)10(13)9(11)6(7)3/h4-5H,1-3H3. The molecule has 0 heterocycles. The molecule has 0 aliphatic rings. The average molecular weight is 205 g/mol. The van der Waals surface area contributed by atoms with Gasteiger partial charge in [-0.25, -0.2) is 8.78 Å². The molecule has 0 N–H and O–H groups in total. The molecule has 1 aromatic carbocycles. The SMILES string of the molecule is Cc1c(C(C)C)cc(F)c(F)c1Cl. The zero-order valence-electron chi connectivity index (χ0n) is 7.79. The quantitative estimate of drug-likeness (QED) is 0.606. The lowest BCUT2D eigenvalue weighted by atomic mass is 9.98. The molecular weight excluding hydrogens is 194 g/mol. The van der Waals surface area contributed by atoms with Gasteiger partial charge >= 0.3 is 0 Å². The van der Waals surface area contributed by atoms with Crippen LogP contribution in [-0.2, 0) is 0 Å². The van der Waals surface area contributed by atoms with E-state index in [0.717, 1.165) is 5.56 Å². The van der Waals surface area contributed by atoms with E-state index in [2.05, 4.69) is 0 Å². The molecule has 0 aromatic heterocycles. The van der Waals surface area contributed by atoms with E-state index in [1.165, 1.54) is 6.07 Å². The van der Waals surface area contributed by atoms with Gasteiger partial charge in [-0.2, -0.15) is 0 Å². The molecule has 0 spiro atoms. The Morgan fingerprint density at radius 2 is 1.85 bits per heavy atom. The molecule has 0 unspecified atom stereocenters. The predicted octanol–water partition coefficient (Wildman–Crippen LogP) is 4.05. The van der Waals surface area contributed by atoms with Gasteiger partial charge in [0.2, 0.25) is 0 Å². The van der Waals surface area contributed by atoms with Gasteiger partial charge in [-0.3, -0.25) is 0 Å². The molecule has 13 heavy (non-hydrogen) atoms. The highest BCUT2D eigenvalue weighted by Crippen LogP contribution is 2.29. The van der Waals surface area contributed by atoms with Crippen LogP contribution in [0.5, 0.6) is 0 Å². The molecule has 0 saturated carbocycles. The van der Waals surface area contributed by atoms with E-state index in [0.29, 0.717) is 5.56 Å². The summed E-state index contributed by atoms with van der Waals surface area (Å²) in [7, 11) is 0. The topological polar surface area (TPSA) is 0 Å². The van der Waals surface area contributed by atoms with Crippen LogP contribution in [-0.4, -0.2) is 0 Å². The maximum Gasteiger partial charge on any atom is 0.177 e. The van der Waals surface area contributed by atoms with Crippen molar-refractivity contribution in [1.29, 1.82) is 0 Å². The van der Waals surface area contributed by atoms with Gasteiger partial charge in [0.05, 0.1) is 5.02 Å². The average Bonchev–Trinajstić information content (AvgIpc) is 2.07. The van der Waals surface area contributed by atoms with Crippen molar-refractivity contribution >= 4 is 11.6 Å². The van der Waals surface area contributed by atoms with Crippen molar-refractivity contribution in [3.63, 3.8) is 0 Å². The molecule has 3 heteroatoms. The third kappa shape index (κ3) is 1.83. The highest BCUT2D eigenvalue weighted by Gasteiger charge is 2.15. The second kappa shape index (κ2) is 3.62. The van der Waals surface area contributed by atoms with Gasteiger partial charge < -0.3 is 0 Å². The van der Waals surface area contributed by atoms with E-state index in [4.69, 9.17) is 11.6 Å². The Balaban J connectivity index is 3.41. The maximum absolute atomic E-state index is 12.9. The van der Waals surface area contributed by atoms with Gasteiger partial charge in [-0.15, -0.1) is 0 Å². The van der Waals surface area contributed by atoms with Crippen LogP contribution >= 0.6 is 11.6 Å². The fourth-order valence-corrected chi connectivity index (χ4v) is 1.50. The molecule has 72 valence electrons. The van der Waals surface area contributed by atoms with E-state index in [1.807, 2.05) is 13.8 Å². The number of rotatable bonds is 1. The fourth-order valence-electron chi connectivity index (χ4n) is 1.30. The second-order valence-electron chi connectivity index (χ2n) is 3.36. The molecule has 1 aromatic rings.